The average Bonchev–Trinajstić information content (AvgIpc) is 2.31. The van der Waals surface area contributed by atoms with Crippen LogP contribution in [0.4, 0.5) is 15.8 Å². The van der Waals surface area contributed by atoms with Crippen molar-refractivity contribution in [1.29, 1.82) is 0 Å². The Morgan fingerprint density at radius 2 is 1.80 bits per heavy atom. The van der Waals surface area contributed by atoms with Gasteiger partial charge >= 0.3 is 0 Å². The molecular weight excluding hydrogens is 279 g/mol. The highest BCUT2D eigenvalue weighted by molar-refractivity contribution is 7.92. The van der Waals surface area contributed by atoms with Crippen molar-refractivity contribution < 1.29 is 12.8 Å². The van der Waals surface area contributed by atoms with E-state index in [-0.39, 0.29) is 4.90 Å². The van der Waals surface area contributed by atoms with Crippen LogP contribution < -0.4 is 10.5 Å². The normalized spacial score (nSPS) is 11.3. The topological polar surface area (TPSA) is 72.2 Å². The first-order valence-electron chi connectivity index (χ1n) is 5.94. The molecule has 0 saturated carbocycles. The predicted octanol–water partition coefficient (Wildman–Crippen LogP) is 2.83. The van der Waals surface area contributed by atoms with Gasteiger partial charge in [-0.1, -0.05) is 0 Å². The highest BCUT2D eigenvalue weighted by Crippen LogP contribution is 2.22. The number of aryl methyl sites for hydroxylation is 2. The summed E-state index contributed by atoms with van der Waals surface area (Å²) in [5.41, 5.74) is 7.63. The summed E-state index contributed by atoms with van der Waals surface area (Å²) in [6.45, 7) is 3.39. The maximum atomic E-state index is 13.0. The molecule has 2 aromatic carbocycles. The molecule has 0 fully saturated rings. The van der Waals surface area contributed by atoms with Crippen LogP contribution in [-0.2, 0) is 10.0 Å². The molecule has 0 saturated heterocycles. The molecule has 0 radical (unpaired) electrons. The van der Waals surface area contributed by atoms with Gasteiger partial charge in [-0.3, -0.25) is 4.72 Å². The number of hydrogen-bond donors (Lipinski definition) is 2. The fraction of sp³-hybridized carbons (Fsp3) is 0.143. The van der Waals surface area contributed by atoms with E-state index in [0.717, 1.165) is 5.56 Å². The van der Waals surface area contributed by atoms with Crippen LogP contribution in [-0.4, -0.2) is 8.42 Å². The average molecular weight is 294 g/mol. The van der Waals surface area contributed by atoms with Crippen LogP contribution in [0.1, 0.15) is 11.1 Å². The quantitative estimate of drug-likeness (QED) is 0.855. The third kappa shape index (κ3) is 3.08. The third-order valence-electron chi connectivity index (χ3n) is 2.82. The number of hydrogen-bond acceptors (Lipinski definition) is 3. The van der Waals surface area contributed by atoms with Crippen molar-refractivity contribution in [2.45, 2.75) is 18.7 Å². The first-order valence-corrected chi connectivity index (χ1v) is 7.42. The number of nitrogen functional groups attached to an aromatic ring is 1. The maximum absolute atomic E-state index is 13.0. The zero-order chi connectivity index (χ0) is 14.9. The first-order chi connectivity index (χ1) is 9.28. The van der Waals surface area contributed by atoms with E-state index in [2.05, 4.69) is 4.72 Å². The molecule has 2 rings (SSSR count). The minimum atomic E-state index is -3.75. The Bertz CT molecular complexity index is 738. The maximum Gasteiger partial charge on any atom is 0.261 e. The van der Waals surface area contributed by atoms with E-state index < -0.39 is 15.8 Å². The van der Waals surface area contributed by atoms with Crippen LogP contribution in [0.25, 0.3) is 0 Å². The van der Waals surface area contributed by atoms with Gasteiger partial charge in [-0.15, -0.1) is 0 Å². The summed E-state index contributed by atoms with van der Waals surface area (Å²) < 4.78 is 40.0. The minimum Gasteiger partial charge on any atom is -0.399 e. The smallest absolute Gasteiger partial charge is 0.261 e. The van der Waals surface area contributed by atoms with Gasteiger partial charge in [0.1, 0.15) is 5.82 Å². The fourth-order valence-corrected chi connectivity index (χ4v) is 3.15. The molecule has 6 heteroatoms. The van der Waals surface area contributed by atoms with Crippen LogP contribution in [0.2, 0.25) is 0 Å². The highest BCUT2D eigenvalue weighted by atomic mass is 32.2. The second-order valence-corrected chi connectivity index (χ2v) is 6.33. The second-order valence-electron chi connectivity index (χ2n) is 4.64. The molecule has 20 heavy (non-hydrogen) atoms. The summed E-state index contributed by atoms with van der Waals surface area (Å²) in [6, 6.07) is 8.45. The summed E-state index contributed by atoms with van der Waals surface area (Å²) in [5.74, 6) is -0.412. The van der Waals surface area contributed by atoms with Gasteiger partial charge in [0.15, 0.2) is 0 Å². The lowest BCUT2D eigenvalue weighted by Gasteiger charge is -2.11. The van der Waals surface area contributed by atoms with E-state index in [1.54, 1.807) is 19.9 Å². The number of nitrogens with two attached hydrogens (primary N) is 1. The fourth-order valence-electron chi connectivity index (χ4n) is 1.88. The van der Waals surface area contributed by atoms with E-state index >= 15 is 0 Å². The van der Waals surface area contributed by atoms with E-state index in [0.29, 0.717) is 16.9 Å². The molecule has 0 aliphatic carbocycles. The lowest BCUT2D eigenvalue weighted by Crippen LogP contribution is -2.14. The van der Waals surface area contributed by atoms with E-state index in [4.69, 9.17) is 5.73 Å². The van der Waals surface area contributed by atoms with Gasteiger partial charge in [0.05, 0.1) is 10.6 Å². The van der Waals surface area contributed by atoms with Gasteiger partial charge in [0.25, 0.3) is 10.0 Å². The van der Waals surface area contributed by atoms with Crippen molar-refractivity contribution >= 4 is 21.4 Å². The van der Waals surface area contributed by atoms with Crippen molar-refractivity contribution in [2.75, 3.05) is 10.5 Å². The zero-order valence-corrected chi connectivity index (χ0v) is 12.0. The molecule has 0 aromatic heterocycles. The summed E-state index contributed by atoms with van der Waals surface area (Å²) in [6.07, 6.45) is 0. The minimum absolute atomic E-state index is 0.0822. The van der Waals surface area contributed by atoms with Crippen molar-refractivity contribution in [1.82, 2.24) is 0 Å². The predicted molar refractivity (Wildman–Crippen MR) is 77.5 cm³/mol. The molecule has 0 spiro atoms. The molecule has 106 valence electrons. The summed E-state index contributed by atoms with van der Waals surface area (Å²) in [7, 11) is -3.75. The van der Waals surface area contributed by atoms with Crippen LogP contribution >= 0.6 is 0 Å². The van der Waals surface area contributed by atoms with Crippen LogP contribution in [0.5, 0.6) is 0 Å². The molecule has 3 N–H and O–H groups in total. The number of rotatable bonds is 3. The van der Waals surface area contributed by atoms with E-state index in [1.807, 2.05) is 0 Å². The standard InChI is InChI=1S/C14H15FN2O2S/c1-9-5-12(16)8-13(6-9)20(18,19)17-14-4-3-11(15)7-10(14)2/h3-8,17H,16H2,1-2H3. The Labute approximate surface area is 117 Å². The van der Waals surface area contributed by atoms with Crippen LogP contribution in [0, 0.1) is 19.7 Å². The number of sulfonamides is 1. The van der Waals surface area contributed by atoms with Crippen molar-refractivity contribution in [3.05, 3.63) is 53.3 Å². The molecule has 2 aromatic rings. The largest absolute Gasteiger partial charge is 0.399 e. The lowest BCUT2D eigenvalue weighted by atomic mass is 10.2. The molecule has 0 amide bonds. The summed E-state index contributed by atoms with van der Waals surface area (Å²) in [5, 5.41) is 0. The summed E-state index contributed by atoms with van der Waals surface area (Å²) in [4.78, 5) is 0.0822. The number of nitrogens with one attached hydrogen (secondary N) is 1. The SMILES string of the molecule is Cc1cc(N)cc(S(=O)(=O)Nc2ccc(F)cc2C)c1. The van der Waals surface area contributed by atoms with Crippen LogP contribution in [0.3, 0.4) is 0 Å². The van der Waals surface area contributed by atoms with Gasteiger partial charge in [0, 0.05) is 5.69 Å². The molecule has 0 bridgehead atoms. The zero-order valence-electron chi connectivity index (χ0n) is 11.1. The first kappa shape index (κ1) is 14.3. The number of benzene rings is 2. The van der Waals surface area contributed by atoms with Gasteiger partial charge in [0.2, 0.25) is 0 Å². The lowest BCUT2D eigenvalue weighted by molar-refractivity contribution is 0.601. The van der Waals surface area contributed by atoms with Gasteiger partial charge < -0.3 is 5.73 Å². The van der Waals surface area contributed by atoms with Crippen molar-refractivity contribution in [3.8, 4) is 0 Å². The van der Waals surface area contributed by atoms with Gasteiger partial charge in [-0.2, -0.15) is 0 Å². The van der Waals surface area contributed by atoms with E-state index in [9.17, 15) is 12.8 Å². The van der Waals surface area contributed by atoms with Crippen molar-refractivity contribution in [3.63, 3.8) is 0 Å². The second kappa shape index (κ2) is 5.13. The Hall–Kier alpha value is -2.08. The van der Waals surface area contributed by atoms with Gasteiger partial charge in [-0.05, 0) is 61.4 Å². The Kier molecular flexibility index (Phi) is 3.67. The molecular formula is C14H15FN2O2S. The molecule has 0 atom stereocenters. The molecule has 0 aliphatic rings. The molecule has 0 heterocycles. The molecule has 0 aliphatic heterocycles. The van der Waals surface area contributed by atoms with Crippen molar-refractivity contribution in [2.24, 2.45) is 0 Å². The Morgan fingerprint density at radius 1 is 1.10 bits per heavy atom. The monoisotopic (exact) mass is 294 g/mol. The number of anilines is 2. The third-order valence-corrected chi connectivity index (χ3v) is 4.16. The van der Waals surface area contributed by atoms with Gasteiger partial charge in [-0.25, -0.2) is 12.8 Å². The highest BCUT2D eigenvalue weighted by Gasteiger charge is 2.16. The molecule has 0 unspecified atom stereocenters. The Balaban J connectivity index is 2.40. The van der Waals surface area contributed by atoms with Crippen LogP contribution in [0.15, 0.2) is 41.3 Å². The summed E-state index contributed by atoms with van der Waals surface area (Å²) >= 11 is 0. The Morgan fingerprint density at radius 3 is 2.40 bits per heavy atom. The van der Waals surface area contributed by atoms with E-state index in [1.165, 1.54) is 30.3 Å². The molecule has 4 nitrogen and oxygen atoms in total. The number of halogens is 1.